The fourth-order valence-corrected chi connectivity index (χ4v) is 3.26. The Morgan fingerprint density at radius 2 is 1.88 bits per heavy atom. The Kier molecular flexibility index (Phi) is 5.16. The highest BCUT2D eigenvalue weighted by Gasteiger charge is 2.21. The number of hydrogen-bond donors (Lipinski definition) is 2. The second-order valence-electron chi connectivity index (χ2n) is 6.65. The molecule has 0 unspecified atom stereocenters. The molecule has 1 saturated carbocycles. The zero-order chi connectivity index (χ0) is 17.8. The summed E-state index contributed by atoms with van der Waals surface area (Å²) < 4.78 is 1.63. The fourth-order valence-electron chi connectivity index (χ4n) is 3.26. The smallest absolute Gasteiger partial charge is 0.256 e. The minimum atomic E-state index is -0.225. The molecule has 6 nitrogen and oxygen atoms in total. The Morgan fingerprint density at radius 1 is 1.12 bits per heavy atom. The highest BCUT2D eigenvalue weighted by atomic mass is 16.2. The summed E-state index contributed by atoms with van der Waals surface area (Å²) in [6.45, 7) is 1.87. The summed E-state index contributed by atoms with van der Waals surface area (Å²) >= 11 is 0. The largest absolute Gasteiger partial charge is 0.326 e. The van der Waals surface area contributed by atoms with E-state index in [2.05, 4.69) is 15.7 Å². The molecule has 2 N–H and O–H groups in total. The van der Waals surface area contributed by atoms with E-state index in [-0.39, 0.29) is 17.7 Å². The van der Waals surface area contributed by atoms with E-state index in [1.807, 2.05) is 19.1 Å². The first-order chi connectivity index (χ1) is 12.0. The second kappa shape index (κ2) is 7.51. The van der Waals surface area contributed by atoms with Gasteiger partial charge in [-0.15, -0.1) is 0 Å². The van der Waals surface area contributed by atoms with Crippen LogP contribution in [0.5, 0.6) is 0 Å². The van der Waals surface area contributed by atoms with Crippen LogP contribution in [-0.2, 0) is 11.8 Å². The average Bonchev–Trinajstić information content (AvgIpc) is 2.93. The lowest BCUT2D eigenvalue weighted by atomic mass is 9.88. The number of nitrogens with one attached hydrogen (secondary N) is 2. The molecule has 132 valence electrons. The van der Waals surface area contributed by atoms with Crippen LogP contribution in [0.25, 0.3) is 0 Å². The first kappa shape index (κ1) is 17.2. The van der Waals surface area contributed by atoms with Gasteiger partial charge in [0.15, 0.2) is 0 Å². The molecule has 2 aromatic rings. The van der Waals surface area contributed by atoms with Crippen LogP contribution >= 0.6 is 0 Å². The van der Waals surface area contributed by atoms with E-state index in [0.717, 1.165) is 31.4 Å². The number of rotatable bonds is 4. The molecule has 1 aromatic carbocycles. The van der Waals surface area contributed by atoms with Crippen molar-refractivity contribution < 1.29 is 9.59 Å². The molecule has 2 amide bonds. The highest BCUT2D eigenvalue weighted by Crippen LogP contribution is 2.25. The minimum absolute atomic E-state index is 0.0551. The lowest BCUT2D eigenvalue weighted by molar-refractivity contribution is -0.120. The minimum Gasteiger partial charge on any atom is -0.326 e. The molecule has 25 heavy (non-hydrogen) atoms. The summed E-state index contributed by atoms with van der Waals surface area (Å²) in [5.41, 5.74) is 2.00. The SMILES string of the molecule is Cc1cc(NC(=O)c2cccc(NC(=O)C3CCCCC3)c2)n(C)n1. The Balaban J connectivity index is 1.67. The van der Waals surface area contributed by atoms with E-state index in [0.29, 0.717) is 17.1 Å². The van der Waals surface area contributed by atoms with Gasteiger partial charge >= 0.3 is 0 Å². The van der Waals surface area contributed by atoms with Gasteiger partial charge in [-0.2, -0.15) is 5.10 Å². The molecule has 0 aliphatic heterocycles. The monoisotopic (exact) mass is 340 g/mol. The van der Waals surface area contributed by atoms with E-state index < -0.39 is 0 Å². The van der Waals surface area contributed by atoms with Gasteiger partial charge in [0.2, 0.25) is 5.91 Å². The standard InChI is InChI=1S/C19H24N4O2/c1-13-11-17(23(2)22-13)21-19(25)15-9-6-10-16(12-15)20-18(24)14-7-4-3-5-8-14/h6,9-12,14H,3-5,7-8H2,1-2H3,(H,20,24)(H,21,25). The van der Waals surface area contributed by atoms with Crippen molar-refractivity contribution in [1.29, 1.82) is 0 Å². The van der Waals surface area contributed by atoms with Crippen molar-refractivity contribution in [1.82, 2.24) is 9.78 Å². The van der Waals surface area contributed by atoms with Gasteiger partial charge in [0, 0.05) is 30.3 Å². The van der Waals surface area contributed by atoms with Crippen LogP contribution in [0.1, 0.15) is 48.2 Å². The summed E-state index contributed by atoms with van der Waals surface area (Å²) in [5.74, 6) is 0.555. The molecule has 0 saturated heterocycles. The molecule has 0 radical (unpaired) electrons. The summed E-state index contributed by atoms with van der Waals surface area (Å²) in [6, 6.07) is 8.84. The maximum Gasteiger partial charge on any atom is 0.256 e. The maximum absolute atomic E-state index is 12.5. The average molecular weight is 340 g/mol. The number of hydrogen-bond acceptors (Lipinski definition) is 3. The number of anilines is 2. The molecular weight excluding hydrogens is 316 g/mol. The Bertz CT molecular complexity index is 775. The quantitative estimate of drug-likeness (QED) is 0.894. The number of amides is 2. The first-order valence-electron chi connectivity index (χ1n) is 8.76. The number of carbonyl (C=O) groups is 2. The van der Waals surface area contributed by atoms with Crippen LogP contribution < -0.4 is 10.6 Å². The number of aryl methyl sites for hydroxylation is 2. The molecule has 3 rings (SSSR count). The summed E-state index contributed by atoms with van der Waals surface area (Å²) in [4.78, 5) is 24.8. The summed E-state index contributed by atoms with van der Waals surface area (Å²) in [5, 5.41) is 10.0. The van der Waals surface area contributed by atoms with Gasteiger partial charge < -0.3 is 10.6 Å². The normalized spacial score (nSPS) is 15.0. The Morgan fingerprint density at radius 3 is 2.56 bits per heavy atom. The van der Waals surface area contributed by atoms with Gasteiger partial charge in [0.1, 0.15) is 5.82 Å². The van der Waals surface area contributed by atoms with E-state index in [1.54, 1.807) is 29.9 Å². The van der Waals surface area contributed by atoms with Crippen molar-refractivity contribution in [2.45, 2.75) is 39.0 Å². The fraction of sp³-hybridized carbons (Fsp3) is 0.421. The van der Waals surface area contributed by atoms with Crippen molar-refractivity contribution in [3.63, 3.8) is 0 Å². The van der Waals surface area contributed by atoms with E-state index in [9.17, 15) is 9.59 Å². The van der Waals surface area contributed by atoms with Gasteiger partial charge in [0.05, 0.1) is 5.69 Å². The lowest BCUT2D eigenvalue weighted by Gasteiger charge is -2.20. The number of carbonyl (C=O) groups excluding carboxylic acids is 2. The van der Waals surface area contributed by atoms with Gasteiger partial charge in [-0.3, -0.25) is 14.3 Å². The molecular formula is C19H24N4O2. The first-order valence-corrected chi connectivity index (χ1v) is 8.76. The van der Waals surface area contributed by atoms with Crippen LogP contribution in [0.2, 0.25) is 0 Å². The van der Waals surface area contributed by atoms with Crippen molar-refractivity contribution in [3.05, 3.63) is 41.6 Å². The predicted molar refractivity (Wildman–Crippen MR) is 97.5 cm³/mol. The van der Waals surface area contributed by atoms with Gasteiger partial charge in [0.25, 0.3) is 5.91 Å². The molecule has 1 aliphatic carbocycles. The van der Waals surface area contributed by atoms with Crippen molar-refractivity contribution in [2.75, 3.05) is 10.6 Å². The van der Waals surface area contributed by atoms with E-state index in [4.69, 9.17) is 0 Å². The van der Waals surface area contributed by atoms with Crippen LogP contribution in [-0.4, -0.2) is 21.6 Å². The van der Waals surface area contributed by atoms with E-state index >= 15 is 0 Å². The second-order valence-corrected chi connectivity index (χ2v) is 6.65. The zero-order valence-corrected chi connectivity index (χ0v) is 14.7. The third-order valence-electron chi connectivity index (χ3n) is 4.61. The lowest BCUT2D eigenvalue weighted by Crippen LogP contribution is -2.24. The molecule has 6 heteroatoms. The van der Waals surface area contributed by atoms with Crippen LogP contribution in [0.15, 0.2) is 30.3 Å². The van der Waals surface area contributed by atoms with Crippen molar-refractivity contribution in [3.8, 4) is 0 Å². The molecule has 1 aromatic heterocycles. The third kappa shape index (κ3) is 4.26. The molecule has 0 spiro atoms. The number of benzene rings is 1. The zero-order valence-electron chi connectivity index (χ0n) is 14.7. The third-order valence-corrected chi connectivity index (χ3v) is 4.61. The highest BCUT2D eigenvalue weighted by molar-refractivity contribution is 6.05. The Labute approximate surface area is 147 Å². The number of nitrogens with zero attached hydrogens (tertiary/aromatic N) is 2. The topological polar surface area (TPSA) is 76.0 Å². The molecule has 1 heterocycles. The molecule has 1 aliphatic rings. The van der Waals surface area contributed by atoms with Crippen molar-refractivity contribution in [2.24, 2.45) is 13.0 Å². The predicted octanol–water partition coefficient (Wildman–Crippen LogP) is 3.50. The van der Waals surface area contributed by atoms with Gasteiger partial charge in [-0.05, 0) is 38.0 Å². The maximum atomic E-state index is 12.5. The van der Waals surface area contributed by atoms with Crippen LogP contribution in [0.3, 0.4) is 0 Å². The van der Waals surface area contributed by atoms with Gasteiger partial charge in [-0.25, -0.2) is 0 Å². The van der Waals surface area contributed by atoms with Gasteiger partial charge in [-0.1, -0.05) is 25.3 Å². The Hall–Kier alpha value is -2.63. The number of aromatic nitrogens is 2. The molecule has 0 atom stereocenters. The van der Waals surface area contributed by atoms with E-state index in [1.165, 1.54) is 6.42 Å². The van der Waals surface area contributed by atoms with Crippen LogP contribution in [0, 0.1) is 12.8 Å². The van der Waals surface area contributed by atoms with Crippen molar-refractivity contribution >= 4 is 23.3 Å². The van der Waals surface area contributed by atoms with Crippen LogP contribution in [0.4, 0.5) is 11.5 Å². The summed E-state index contributed by atoms with van der Waals surface area (Å²) in [6.07, 6.45) is 5.35. The molecule has 0 bridgehead atoms. The summed E-state index contributed by atoms with van der Waals surface area (Å²) in [7, 11) is 1.78. The molecule has 1 fully saturated rings.